The van der Waals surface area contributed by atoms with E-state index in [1.165, 1.54) is 0 Å². The van der Waals surface area contributed by atoms with E-state index in [-0.39, 0.29) is 34.5 Å². The van der Waals surface area contributed by atoms with Gasteiger partial charge in [0.1, 0.15) is 0 Å². The normalized spacial score (nSPS) is 12.8. The van der Waals surface area contributed by atoms with Gasteiger partial charge in [-0.25, -0.2) is 0 Å². The summed E-state index contributed by atoms with van der Waals surface area (Å²) in [7, 11) is 8.11. The van der Waals surface area contributed by atoms with Crippen molar-refractivity contribution in [2.24, 2.45) is 22.7 Å². The van der Waals surface area contributed by atoms with Crippen molar-refractivity contribution < 1.29 is 14.3 Å². The van der Waals surface area contributed by atoms with E-state index in [2.05, 4.69) is 37.5 Å². The Bertz CT molecular complexity index is 536. The largest absolute Gasteiger partial charge is 0.380 e. The number of hydrogen-bond acceptors (Lipinski definition) is 5. The molecule has 0 aliphatic heterocycles. The first-order chi connectivity index (χ1) is 15.0. The summed E-state index contributed by atoms with van der Waals surface area (Å²) in [5.74, 6) is 0.340. The fourth-order valence-electron chi connectivity index (χ4n) is 3.63. The van der Waals surface area contributed by atoms with Crippen LogP contribution in [0.4, 0.5) is 0 Å². The average molecular weight is 471 g/mol. The molecule has 0 rings (SSSR count). The van der Waals surface area contributed by atoms with E-state index < -0.39 is 0 Å². The predicted molar refractivity (Wildman–Crippen MR) is 138 cm³/mol. The lowest BCUT2D eigenvalue weighted by atomic mass is 9.91. The van der Waals surface area contributed by atoms with Crippen LogP contribution in [0.5, 0.6) is 0 Å². The van der Waals surface area contributed by atoms with Gasteiger partial charge in [-0.3, -0.25) is 9.59 Å². The first kappa shape index (κ1) is 31.8. The maximum absolute atomic E-state index is 12.7. The Hall–Kier alpha value is -1.18. The summed E-state index contributed by atoms with van der Waals surface area (Å²) in [6.45, 7) is 22.0. The highest BCUT2D eigenvalue weighted by molar-refractivity contribution is 5.78. The van der Waals surface area contributed by atoms with Crippen LogP contribution in [0, 0.1) is 22.7 Å². The molecule has 0 unspecified atom stereocenters. The van der Waals surface area contributed by atoms with Gasteiger partial charge in [0.15, 0.2) is 0 Å². The minimum absolute atomic E-state index is 0.0190. The molecule has 0 atom stereocenters. The van der Waals surface area contributed by atoms with Crippen LogP contribution in [0.25, 0.3) is 0 Å². The van der Waals surface area contributed by atoms with Gasteiger partial charge >= 0.3 is 0 Å². The number of rotatable bonds is 16. The molecule has 2 amide bonds. The molecule has 0 aliphatic rings. The number of carbonyl (C=O) groups is 2. The van der Waals surface area contributed by atoms with E-state index in [9.17, 15) is 9.59 Å². The molecular weight excluding hydrogens is 416 g/mol. The SMILES string of the molecule is CC(C)C(=O)N(CCN(C)C)CC(C)(C)COCC(C)(C)CN(CCN(C)C)C(=O)C(C)C. The zero-order chi connectivity index (χ0) is 26.0. The Labute approximate surface area is 204 Å². The zero-order valence-corrected chi connectivity index (χ0v) is 23.8. The topological polar surface area (TPSA) is 56.3 Å². The molecule has 0 saturated heterocycles. The first-order valence-electron chi connectivity index (χ1n) is 12.4. The summed E-state index contributed by atoms with van der Waals surface area (Å²) in [5, 5.41) is 0. The molecule has 0 radical (unpaired) electrons. The maximum atomic E-state index is 12.7. The second-order valence-corrected chi connectivity index (χ2v) is 12.3. The minimum atomic E-state index is -0.161. The van der Waals surface area contributed by atoms with Crippen LogP contribution in [0.15, 0.2) is 0 Å². The van der Waals surface area contributed by atoms with Crippen LogP contribution < -0.4 is 0 Å². The molecule has 7 nitrogen and oxygen atoms in total. The van der Waals surface area contributed by atoms with Gasteiger partial charge in [0, 0.05) is 61.9 Å². The third-order valence-electron chi connectivity index (χ3n) is 5.47. The maximum Gasteiger partial charge on any atom is 0.225 e. The standard InChI is InChI=1S/C26H54N4O3/c1-21(2)23(31)29(15-13-27(9)10)17-25(5,6)19-33-20-26(7,8)18-30(16-14-28(11)12)24(32)22(3)4/h21-22H,13-20H2,1-12H3. The number of amides is 2. The molecule has 0 aromatic carbocycles. The minimum Gasteiger partial charge on any atom is -0.380 e. The monoisotopic (exact) mass is 470 g/mol. The second kappa shape index (κ2) is 14.3. The molecule has 0 N–H and O–H groups in total. The molecule has 0 aromatic heterocycles. The van der Waals surface area contributed by atoms with Crippen molar-refractivity contribution in [3.05, 3.63) is 0 Å². The van der Waals surface area contributed by atoms with Crippen molar-refractivity contribution in [2.45, 2.75) is 55.4 Å². The van der Waals surface area contributed by atoms with Gasteiger partial charge in [-0.15, -0.1) is 0 Å². The van der Waals surface area contributed by atoms with Crippen molar-refractivity contribution in [1.29, 1.82) is 0 Å². The van der Waals surface area contributed by atoms with Gasteiger partial charge in [0.25, 0.3) is 0 Å². The number of hydrogen-bond donors (Lipinski definition) is 0. The molecule has 0 heterocycles. The van der Waals surface area contributed by atoms with E-state index in [0.717, 1.165) is 26.2 Å². The molecule has 0 fully saturated rings. The lowest BCUT2D eigenvalue weighted by molar-refractivity contribution is -0.137. The van der Waals surface area contributed by atoms with Crippen molar-refractivity contribution >= 4 is 11.8 Å². The number of likely N-dealkylation sites (N-methyl/N-ethyl adjacent to an activating group) is 2. The Kier molecular flexibility index (Phi) is 13.8. The van der Waals surface area contributed by atoms with Gasteiger partial charge in [-0.2, -0.15) is 0 Å². The van der Waals surface area contributed by atoms with E-state index in [0.29, 0.717) is 26.3 Å². The summed E-state index contributed by atoms with van der Waals surface area (Å²) >= 11 is 0. The molecule has 0 aliphatic carbocycles. The Morgan fingerprint density at radius 2 is 0.939 bits per heavy atom. The van der Waals surface area contributed by atoms with Gasteiger partial charge in [0.05, 0.1) is 13.2 Å². The summed E-state index contributed by atoms with van der Waals surface area (Å²) in [6.07, 6.45) is 0. The Morgan fingerprint density at radius 1 is 0.636 bits per heavy atom. The molecule has 0 bridgehead atoms. The highest BCUT2D eigenvalue weighted by atomic mass is 16.5. The summed E-state index contributed by atoms with van der Waals surface area (Å²) in [4.78, 5) is 33.6. The fraction of sp³-hybridized carbons (Fsp3) is 0.923. The van der Waals surface area contributed by atoms with Gasteiger partial charge in [0.2, 0.25) is 11.8 Å². The van der Waals surface area contributed by atoms with Crippen molar-refractivity contribution in [1.82, 2.24) is 19.6 Å². The Morgan fingerprint density at radius 3 is 1.18 bits per heavy atom. The van der Waals surface area contributed by atoms with Crippen molar-refractivity contribution in [2.75, 3.05) is 80.7 Å². The van der Waals surface area contributed by atoms with Crippen LogP contribution in [0.3, 0.4) is 0 Å². The van der Waals surface area contributed by atoms with E-state index in [1.54, 1.807) is 0 Å². The molecular formula is C26H54N4O3. The summed E-state index contributed by atoms with van der Waals surface area (Å²) in [6, 6.07) is 0. The molecule has 7 heteroatoms. The predicted octanol–water partition coefficient (Wildman–Crippen LogP) is 3.15. The third kappa shape index (κ3) is 14.0. The van der Waals surface area contributed by atoms with Crippen LogP contribution in [-0.2, 0) is 14.3 Å². The van der Waals surface area contributed by atoms with E-state index in [4.69, 9.17) is 4.74 Å². The summed E-state index contributed by atoms with van der Waals surface area (Å²) in [5.41, 5.74) is -0.323. The smallest absolute Gasteiger partial charge is 0.225 e. The van der Waals surface area contributed by atoms with E-state index >= 15 is 0 Å². The second-order valence-electron chi connectivity index (χ2n) is 12.3. The lowest BCUT2D eigenvalue weighted by Crippen LogP contribution is -2.46. The van der Waals surface area contributed by atoms with Crippen LogP contribution in [0.1, 0.15) is 55.4 Å². The fourth-order valence-corrected chi connectivity index (χ4v) is 3.63. The first-order valence-corrected chi connectivity index (χ1v) is 12.4. The zero-order valence-electron chi connectivity index (χ0n) is 23.8. The van der Waals surface area contributed by atoms with E-state index in [1.807, 2.05) is 65.7 Å². The quantitative estimate of drug-likeness (QED) is 0.347. The highest BCUT2D eigenvalue weighted by Gasteiger charge is 2.30. The number of nitrogens with zero attached hydrogens (tertiary/aromatic N) is 4. The van der Waals surface area contributed by atoms with Crippen molar-refractivity contribution in [3.63, 3.8) is 0 Å². The molecule has 0 aromatic rings. The Balaban J connectivity index is 5.00. The lowest BCUT2D eigenvalue weighted by Gasteiger charge is -2.37. The molecule has 0 saturated carbocycles. The molecule has 196 valence electrons. The third-order valence-corrected chi connectivity index (χ3v) is 5.47. The van der Waals surface area contributed by atoms with Gasteiger partial charge < -0.3 is 24.3 Å². The number of carbonyl (C=O) groups excluding carboxylic acids is 2. The number of ether oxygens (including phenoxy) is 1. The summed E-state index contributed by atoms with van der Waals surface area (Å²) < 4.78 is 6.20. The molecule has 0 spiro atoms. The van der Waals surface area contributed by atoms with Gasteiger partial charge in [-0.1, -0.05) is 55.4 Å². The van der Waals surface area contributed by atoms with Crippen LogP contribution in [-0.4, -0.2) is 112 Å². The van der Waals surface area contributed by atoms with Crippen LogP contribution in [0.2, 0.25) is 0 Å². The van der Waals surface area contributed by atoms with Crippen LogP contribution >= 0.6 is 0 Å². The van der Waals surface area contributed by atoms with Gasteiger partial charge in [-0.05, 0) is 28.2 Å². The van der Waals surface area contributed by atoms with Crippen molar-refractivity contribution in [3.8, 4) is 0 Å². The average Bonchev–Trinajstić information content (AvgIpc) is 2.66. The highest BCUT2D eigenvalue weighted by Crippen LogP contribution is 2.23. The molecule has 33 heavy (non-hydrogen) atoms.